The molecule has 45 heavy (non-hydrogen) atoms. The lowest BCUT2D eigenvalue weighted by Gasteiger charge is -2.28. The molecular formula is C36H42Cl4N4O. The van der Waals surface area contributed by atoms with Crippen LogP contribution in [0.2, 0.25) is 10.0 Å². The first-order valence-corrected chi connectivity index (χ1v) is 15.0. The third-order valence-electron chi connectivity index (χ3n) is 8.02. The molecule has 0 aromatic heterocycles. The minimum absolute atomic E-state index is 0. The van der Waals surface area contributed by atoms with Gasteiger partial charge in [-0.15, -0.1) is 24.8 Å². The molecule has 0 saturated heterocycles. The molecule has 5 nitrogen and oxygen atoms in total. The van der Waals surface area contributed by atoms with E-state index in [2.05, 4.69) is 82.6 Å². The molecule has 9 heteroatoms. The van der Waals surface area contributed by atoms with Crippen LogP contribution in [0.1, 0.15) is 56.6 Å². The van der Waals surface area contributed by atoms with Gasteiger partial charge < -0.3 is 15.3 Å². The minimum atomic E-state index is -0.0141. The first-order chi connectivity index (χ1) is 20.2. The maximum Gasteiger partial charge on any atom is 0.104 e. The van der Waals surface area contributed by atoms with Crippen molar-refractivity contribution in [3.05, 3.63) is 139 Å². The number of nitrogens with zero attached hydrogens (tertiary/aromatic N) is 4. The first-order valence-electron chi connectivity index (χ1n) is 14.3. The van der Waals surface area contributed by atoms with Gasteiger partial charge in [0.15, 0.2) is 0 Å². The number of aryl methyl sites for hydroxylation is 2. The Balaban J connectivity index is 0.000000294. The van der Waals surface area contributed by atoms with Crippen molar-refractivity contribution in [1.29, 1.82) is 0 Å². The van der Waals surface area contributed by atoms with Crippen LogP contribution in [0.5, 0.6) is 0 Å². The summed E-state index contributed by atoms with van der Waals surface area (Å²) in [5.41, 5.74) is 9.55. The number of amidine groups is 2. The highest BCUT2D eigenvalue weighted by Gasteiger charge is 2.27. The summed E-state index contributed by atoms with van der Waals surface area (Å²) < 4.78 is 0. The zero-order valence-electron chi connectivity index (χ0n) is 26.5. The van der Waals surface area contributed by atoms with Gasteiger partial charge >= 0.3 is 0 Å². The van der Waals surface area contributed by atoms with E-state index in [0.717, 1.165) is 56.8 Å². The smallest absolute Gasteiger partial charge is 0.104 e. The summed E-state index contributed by atoms with van der Waals surface area (Å²) >= 11 is 13.1. The van der Waals surface area contributed by atoms with Gasteiger partial charge in [-0.3, -0.25) is 9.98 Å². The Morgan fingerprint density at radius 1 is 0.533 bits per heavy atom. The molecule has 2 unspecified atom stereocenters. The maximum atomic E-state index is 6.54. The van der Waals surface area contributed by atoms with E-state index in [1.807, 2.05) is 54.2 Å². The highest BCUT2D eigenvalue weighted by atomic mass is 35.5. The Bertz CT molecular complexity index is 1550. The van der Waals surface area contributed by atoms with E-state index in [0.29, 0.717) is 0 Å². The van der Waals surface area contributed by atoms with Crippen LogP contribution in [0.15, 0.2) is 94.9 Å². The molecule has 2 heterocycles. The lowest BCUT2D eigenvalue weighted by atomic mass is 9.90. The monoisotopic (exact) mass is 686 g/mol. The normalized spacial score (nSPS) is 16.0. The number of hydrogen-bond donors (Lipinski definition) is 0. The molecule has 0 saturated carbocycles. The van der Waals surface area contributed by atoms with Crippen molar-refractivity contribution in [2.45, 2.75) is 38.8 Å². The number of likely N-dealkylation sites (N-methyl/N-ethyl adjacent to an activating group) is 2. The van der Waals surface area contributed by atoms with Gasteiger partial charge in [-0.1, -0.05) is 108 Å². The third kappa shape index (κ3) is 8.21. The van der Waals surface area contributed by atoms with Crippen molar-refractivity contribution < 1.29 is 5.48 Å². The van der Waals surface area contributed by atoms with Crippen molar-refractivity contribution in [1.82, 2.24) is 9.80 Å². The second-order valence-electron chi connectivity index (χ2n) is 11.4. The molecular weight excluding hydrogens is 646 g/mol. The molecule has 0 bridgehead atoms. The molecule has 2 aliphatic rings. The molecule has 240 valence electrons. The average Bonchev–Trinajstić information content (AvgIpc) is 2.99. The quantitative estimate of drug-likeness (QED) is 0.212. The van der Waals surface area contributed by atoms with E-state index in [-0.39, 0.29) is 42.4 Å². The summed E-state index contributed by atoms with van der Waals surface area (Å²) in [6.45, 7) is 4.08. The fourth-order valence-electron chi connectivity index (χ4n) is 5.58. The topological polar surface area (TPSA) is 62.7 Å². The van der Waals surface area contributed by atoms with Gasteiger partial charge in [0.1, 0.15) is 23.8 Å². The van der Waals surface area contributed by atoms with Crippen LogP contribution < -0.4 is 0 Å². The summed E-state index contributed by atoms with van der Waals surface area (Å²) in [4.78, 5) is 14.1. The predicted molar refractivity (Wildman–Crippen MR) is 197 cm³/mol. The Hall–Kier alpha value is -3.06. The van der Waals surface area contributed by atoms with Crippen LogP contribution in [0.25, 0.3) is 0 Å². The first kappa shape index (κ1) is 38.1. The van der Waals surface area contributed by atoms with Crippen LogP contribution in [0, 0.1) is 13.8 Å². The summed E-state index contributed by atoms with van der Waals surface area (Å²) in [7, 11) is 8.17. The highest BCUT2D eigenvalue weighted by molar-refractivity contribution is 6.32. The molecule has 6 rings (SSSR count). The lowest BCUT2D eigenvalue weighted by Crippen LogP contribution is -2.28. The van der Waals surface area contributed by atoms with E-state index < -0.39 is 0 Å². The Labute approximate surface area is 290 Å². The zero-order valence-corrected chi connectivity index (χ0v) is 29.7. The molecule has 0 spiro atoms. The molecule has 4 aromatic carbocycles. The Morgan fingerprint density at radius 3 is 1.22 bits per heavy atom. The number of hydrogen-bond acceptors (Lipinski definition) is 4. The summed E-state index contributed by atoms with van der Waals surface area (Å²) in [5, 5.41) is 1.64. The number of rotatable bonds is 2. The molecule has 2 aliphatic heterocycles. The van der Waals surface area contributed by atoms with Gasteiger partial charge in [-0.25, -0.2) is 0 Å². The van der Waals surface area contributed by atoms with Crippen LogP contribution in [0.4, 0.5) is 0 Å². The number of aliphatic imine (C=N–C) groups is 2. The summed E-state index contributed by atoms with van der Waals surface area (Å²) in [6, 6.07) is 29.3. The van der Waals surface area contributed by atoms with Crippen molar-refractivity contribution in [3.63, 3.8) is 0 Å². The average molecular weight is 689 g/mol. The van der Waals surface area contributed by atoms with Crippen molar-refractivity contribution >= 4 is 59.7 Å². The third-order valence-corrected chi connectivity index (χ3v) is 9.05. The maximum absolute atomic E-state index is 6.54. The van der Waals surface area contributed by atoms with Gasteiger partial charge in [0.25, 0.3) is 0 Å². The fourth-order valence-corrected chi connectivity index (χ4v) is 6.04. The second-order valence-corrected chi connectivity index (χ2v) is 12.1. The van der Waals surface area contributed by atoms with Crippen LogP contribution in [0.3, 0.4) is 0 Å². The fraction of sp³-hybridized carbons (Fsp3) is 0.278. The van der Waals surface area contributed by atoms with Crippen LogP contribution in [-0.4, -0.2) is 55.1 Å². The summed E-state index contributed by atoms with van der Waals surface area (Å²) in [6.07, 6.45) is 1.76. The largest absolute Gasteiger partial charge is 0.412 e. The Morgan fingerprint density at radius 2 is 0.867 bits per heavy atom. The predicted octanol–water partition coefficient (Wildman–Crippen LogP) is 8.53. The number of halogens is 4. The Kier molecular flexibility index (Phi) is 14.0. The van der Waals surface area contributed by atoms with Crippen molar-refractivity contribution in [2.75, 3.05) is 28.2 Å². The number of benzene rings is 4. The lowest BCUT2D eigenvalue weighted by molar-refractivity contribution is 0.592. The van der Waals surface area contributed by atoms with E-state index in [1.54, 1.807) is 0 Å². The molecule has 0 aliphatic carbocycles. The molecule has 4 aromatic rings. The van der Waals surface area contributed by atoms with Gasteiger partial charge in [0.05, 0.1) is 0 Å². The molecule has 0 fully saturated rings. The van der Waals surface area contributed by atoms with E-state index in [9.17, 15) is 0 Å². The van der Waals surface area contributed by atoms with E-state index in [1.165, 1.54) is 22.3 Å². The minimum Gasteiger partial charge on any atom is -0.412 e. The number of fused-ring (bicyclic) bond motifs is 2. The summed E-state index contributed by atoms with van der Waals surface area (Å²) in [5.74, 6) is 2.19. The standard InChI is InChI=1S/2C18H19ClN2.2ClH.H2O/c2*1-12-7-6-10-15(17(12)19)18-14-9-5-4-8-13(14)11-16(20-18)21(2)3;;;/h2*4-10,18H,11H2,1-3H3;2*1H;1H2. The SMILES string of the molecule is Cc1cccc(C2N=C(N(C)C)Cc3ccccc32)c1Cl.Cc1cccc(C2N=C(N(C)C)Cc3ccccc32)c1Cl.Cl.Cl.O. The van der Waals surface area contributed by atoms with Crippen molar-refractivity contribution in [2.24, 2.45) is 9.98 Å². The zero-order chi connectivity index (χ0) is 30.0. The molecule has 0 amide bonds. The van der Waals surface area contributed by atoms with Gasteiger partial charge in [0.2, 0.25) is 0 Å². The van der Waals surface area contributed by atoms with Crippen LogP contribution >= 0.6 is 48.0 Å². The molecule has 0 radical (unpaired) electrons. The molecule has 2 atom stereocenters. The van der Waals surface area contributed by atoms with Crippen molar-refractivity contribution in [3.8, 4) is 0 Å². The van der Waals surface area contributed by atoms with Gasteiger partial charge in [-0.2, -0.15) is 0 Å². The van der Waals surface area contributed by atoms with Gasteiger partial charge in [0, 0.05) is 51.1 Å². The highest BCUT2D eigenvalue weighted by Crippen LogP contribution is 2.39. The van der Waals surface area contributed by atoms with E-state index >= 15 is 0 Å². The van der Waals surface area contributed by atoms with Gasteiger partial charge in [-0.05, 0) is 58.4 Å². The van der Waals surface area contributed by atoms with Crippen LogP contribution in [-0.2, 0) is 12.8 Å². The molecule has 2 N–H and O–H groups in total. The second kappa shape index (κ2) is 16.5. The van der Waals surface area contributed by atoms with E-state index in [4.69, 9.17) is 33.2 Å².